The van der Waals surface area contributed by atoms with E-state index in [0.717, 1.165) is 0 Å². The molecule has 0 radical (unpaired) electrons. The summed E-state index contributed by atoms with van der Waals surface area (Å²) >= 11 is 12.3. The number of hydrogen-bond donors (Lipinski definition) is 4. The van der Waals surface area contributed by atoms with E-state index in [9.17, 15) is 4.79 Å². The van der Waals surface area contributed by atoms with Gasteiger partial charge in [0.15, 0.2) is 0 Å². The van der Waals surface area contributed by atoms with Gasteiger partial charge in [-0.1, -0.05) is 35.3 Å². The molecule has 2 heterocycles. The molecule has 0 atom stereocenters. The van der Waals surface area contributed by atoms with Gasteiger partial charge in [-0.05, 0) is 18.9 Å². The second-order valence-electron chi connectivity index (χ2n) is 6.32. The molecule has 1 amide bonds. The minimum atomic E-state index is -0.740. The van der Waals surface area contributed by atoms with E-state index in [1.807, 2.05) is 4.90 Å². The fraction of sp³-hybridized carbons (Fsp3) is 0.312. The number of benzene rings is 1. The predicted molar refractivity (Wildman–Crippen MR) is 103 cm³/mol. The third-order valence-electron chi connectivity index (χ3n) is 4.36. The molecule has 0 aliphatic carbocycles. The molecule has 138 valence electrons. The highest BCUT2D eigenvalue weighted by molar-refractivity contribution is 6.44. The Morgan fingerprint density at radius 3 is 2.42 bits per heavy atom. The molecule has 8 nitrogen and oxygen atoms in total. The van der Waals surface area contributed by atoms with Gasteiger partial charge in [0.05, 0.1) is 21.3 Å². The van der Waals surface area contributed by atoms with Crippen LogP contribution in [0.4, 0.5) is 11.8 Å². The second kappa shape index (κ2) is 6.88. The summed E-state index contributed by atoms with van der Waals surface area (Å²) in [7, 11) is 0. The van der Waals surface area contributed by atoms with Gasteiger partial charge < -0.3 is 27.8 Å². The average molecular weight is 396 g/mol. The van der Waals surface area contributed by atoms with Gasteiger partial charge in [-0.2, -0.15) is 4.98 Å². The van der Waals surface area contributed by atoms with E-state index in [1.54, 1.807) is 18.2 Å². The second-order valence-corrected chi connectivity index (χ2v) is 7.10. The number of nitrogens with zero attached hydrogens (tertiary/aromatic N) is 3. The van der Waals surface area contributed by atoms with Crippen LogP contribution in [0.5, 0.6) is 0 Å². The van der Waals surface area contributed by atoms with Crippen molar-refractivity contribution < 1.29 is 4.79 Å². The zero-order valence-corrected chi connectivity index (χ0v) is 15.4. The molecule has 0 saturated carbocycles. The van der Waals surface area contributed by atoms with Crippen LogP contribution >= 0.6 is 23.2 Å². The van der Waals surface area contributed by atoms with Gasteiger partial charge in [-0.15, -0.1) is 0 Å². The Hall–Kier alpha value is -2.13. The number of piperidine rings is 1. The first kappa shape index (κ1) is 18.7. The molecule has 1 aliphatic heterocycles. The van der Waals surface area contributed by atoms with Crippen molar-refractivity contribution in [2.45, 2.75) is 18.5 Å². The number of carbonyl (C=O) groups is 1. The average Bonchev–Trinajstić information content (AvgIpc) is 2.57. The van der Waals surface area contributed by atoms with Crippen LogP contribution in [0.15, 0.2) is 18.2 Å². The highest BCUT2D eigenvalue weighted by Gasteiger charge is 2.29. The van der Waals surface area contributed by atoms with Crippen molar-refractivity contribution in [1.82, 2.24) is 9.97 Å². The fourth-order valence-corrected chi connectivity index (χ4v) is 3.27. The lowest BCUT2D eigenvalue weighted by atomic mass is 9.99. The number of primary amides is 1. The van der Waals surface area contributed by atoms with Crippen LogP contribution in [0.3, 0.4) is 0 Å². The van der Waals surface area contributed by atoms with Crippen molar-refractivity contribution in [2.75, 3.05) is 23.7 Å². The summed E-state index contributed by atoms with van der Waals surface area (Å²) in [5, 5.41) is 0.565. The standard InChI is InChI=1S/C16H19Cl2N7O/c17-9-3-1-2-8(11(9)18)10-12(14(20)26)23-15(24-13(10)19)25-6-4-16(21,22)5-7-25/h1-3H,4-7,21-22H2,(H2,20,26)(H2,19,23,24). The number of rotatable bonds is 3. The number of halogens is 2. The summed E-state index contributed by atoms with van der Waals surface area (Å²) in [6, 6.07) is 4.99. The number of nitrogens with two attached hydrogens (primary N) is 4. The van der Waals surface area contributed by atoms with Crippen molar-refractivity contribution >= 4 is 40.9 Å². The zero-order chi connectivity index (χ0) is 19.1. The zero-order valence-electron chi connectivity index (χ0n) is 13.9. The maximum atomic E-state index is 12.0. The monoisotopic (exact) mass is 395 g/mol. The topological polar surface area (TPSA) is 150 Å². The molecule has 1 fully saturated rings. The molecule has 0 unspecified atom stereocenters. The van der Waals surface area contributed by atoms with Crippen molar-refractivity contribution in [2.24, 2.45) is 17.2 Å². The minimum Gasteiger partial charge on any atom is -0.383 e. The molecule has 1 aromatic carbocycles. The van der Waals surface area contributed by atoms with E-state index < -0.39 is 11.6 Å². The van der Waals surface area contributed by atoms with E-state index in [2.05, 4.69) is 9.97 Å². The highest BCUT2D eigenvalue weighted by atomic mass is 35.5. The quantitative estimate of drug-likeness (QED) is 0.572. The summed E-state index contributed by atoms with van der Waals surface area (Å²) in [4.78, 5) is 22.6. The number of carbonyl (C=O) groups excluding carboxylic acids is 1. The Kier molecular flexibility index (Phi) is 4.94. The van der Waals surface area contributed by atoms with E-state index in [-0.39, 0.29) is 22.1 Å². The first-order valence-electron chi connectivity index (χ1n) is 7.94. The third-order valence-corrected chi connectivity index (χ3v) is 5.18. The van der Waals surface area contributed by atoms with Crippen LogP contribution in [0.1, 0.15) is 23.3 Å². The van der Waals surface area contributed by atoms with Gasteiger partial charge in [0.1, 0.15) is 11.5 Å². The number of anilines is 2. The van der Waals surface area contributed by atoms with Crippen LogP contribution < -0.4 is 27.8 Å². The highest BCUT2D eigenvalue weighted by Crippen LogP contribution is 2.38. The molecule has 0 bridgehead atoms. The van der Waals surface area contributed by atoms with Gasteiger partial charge in [-0.25, -0.2) is 4.98 Å². The Labute approximate surface area is 160 Å². The summed E-state index contributed by atoms with van der Waals surface area (Å²) in [6.45, 7) is 1.09. The molecule has 3 rings (SSSR count). The van der Waals surface area contributed by atoms with Crippen LogP contribution in [-0.4, -0.2) is 34.6 Å². The first-order valence-corrected chi connectivity index (χ1v) is 8.69. The van der Waals surface area contributed by atoms with Crippen molar-refractivity contribution in [3.8, 4) is 11.1 Å². The molecular weight excluding hydrogens is 377 g/mol. The summed E-state index contributed by atoms with van der Waals surface area (Å²) in [5.41, 5.74) is 23.5. The maximum absolute atomic E-state index is 12.0. The third kappa shape index (κ3) is 3.54. The Morgan fingerprint density at radius 1 is 1.15 bits per heavy atom. The van der Waals surface area contributed by atoms with E-state index in [4.69, 9.17) is 46.1 Å². The largest absolute Gasteiger partial charge is 0.383 e. The number of hydrogen-bond acceptors (Lipinski definition) is 7. The molecule has 2 aromatic rings. The van der Waals surface area contributed by atoms with Crippen molar-refractivity contribution in [3.05, 3.63) is 33.9 Å². The van der Waals surface area contributed by atoms with Gasteiger partial charge >= 0.3 is 0 Å². The molecular formula is C16H19Cl2N7O. The first-order chi connectivity index (χ1) is 12.2. The molecule has 1 saturated heterocycles. The molecule has 1 aliphatic rings. The van der Waals surface area contributed by atoms with Crippen LogP contribution in [0, 0.1) is 0 Å². The van der Waals surface area contributed by atoms with Gasteiger partial charge in [-0.3, -0.25) is 4.79 Å². The van der Waals surface area contributed by atoms with E-state index in [0.29, 0.717) is 42.5 Å². The van der Waals surface area contributed by atoms with Crippen LogP contribution in [-0.2, 0) is 0 Å². The van der Waals surface area contributed by atoms with Crippen molar-refractivity contribution in [1.29, 1.82) is 0 Å². The van der Waals surface area contributed by atoms with E-state index in [1.165, 1.54) is 0 Å². The Balaban J connectivity index is 2.08. The Bertz CT molecular complexity index is 862. The van der Waals surface area contributed by atoms with Gasteiger partial charge in [0.2, 0.25) is 5.95 Å². The lowest BCUT2D eigenvalue weighted by Crippen LogP contribution is -2.57. The van der Waals surface area contributed by atoms with E-state index >= 15 is 0 Å². The molecule has 0 spiro atoms. The van der Waals surface area contributed by atoms with Gasteiger partial charge in [0.25, 0.3) is 5.91 Å². The number of aromatic nitrogens is 2. The molecule has 26 heavy (non-hydrogen) atoms. The smallest absolute Gasteiger partial charge is 0.268 e. The molecule has 10 heteroatoms. The van der Waals surface area contributed by atoms with Crippen LogP contribution in [0.2, 0.25) is 10.0 Å². The maximum Gasteiger partial charge on any atom is 0.268 e. The van der Waals surface area contributed by atoms with Crippen LogP contribution in [0.25, 0.3) is 11.1 Å². The predicted octanol–water partition coefficient (Wildman–Crippen LogP) is 1.35. The summed E-state index contributed by atoms with van der Waals surface area (Å²) in [6.07, 6.45) is 1.12. The lowest BCUT2D eigenvalue weighted by molar-refractivity contribution is 0.0996. The van der Waals surface area contributed by atoms with Gasteiger partial charge in [0, 0.05) is 18.7 Å². The molecule has 1 aromatic heterocycles. The Morgan fingerprint density at radius 2 is 1.81 bits per heavy atom. The minimum absolute atomic E-state index is 0.0194. The summed E-state index contributed by atoms with van der Waals surface area (Å²) < 4.78 is 0. The lowest BCUT2D eigenvalue weighted by Gasteiger charge is -2.36. The molecule has 8 N–H and O–H groups in total. The fourth-order valence-electron chi connectivity index (χ4n) is 2.87. The number of nitrogen functional groups attached to an aromatic ring is 1. The summed E-state index contributed by atoms with van der Waals surface area (Å²) in [5.74, 6) is -0.352. The van der Waals surface area contributed by atoms with Crippen molar-refractivity contribution in [3.63, 3.8) is 0 Å². The SMILES string of the molecule is NC(=O)c1nc(N2CCC(N)(N)CC2)nc(N)c1-c1cccc(Cl)c1Cl. The number of amides is 1. The normalized spacial score (nSPS) is 16.5.